The summed E-state index contributed by atoms with van der Waals surface area (Å²) in [7, 11) is 4.08. The minimum Gasteiger partial charge on any atom is -0.479 e. The topological polar surface area (TPSA) is 171 Å². The van der Waals surface area contributed by atoms with Crippen LogP contribution in [-0.2, 0) is 28.6 Å². The van der Waals surface area contributed by atoms with Crippen molar-refractivity contribution < 1.29 is 42.6 Å². The normalized spacial score (nSPS) is 19.4. The van der Waals surface area contributed by atoms with Crippen molar-refractivity contribution in [3.63, 3.8) is 0 Å². The molecule has 1 fully saturated rings. The van der Waals surface area contributed by atoms with Crippen molar-refractivity contribution in [2.45, 2.75) is 50.9 Å². The summed E-state index contributed by atoms with van der Waals surface area (Å²) >= 11 is 0. The number of rotatable bonds is 15. The minimum absolute atomic E-state index is 0.0932. The smallest absolute Gasteiger partial charge is 0.290 e. The number of methoxy groups -OCH3 is 3. The van der Waals surface area contributed by atoms with E-state index in [1.54, 1.807) is 6.92 Å². The van der Waals surface area contributed by atoms with Gasteiger partial charge in [0.25, 0.3) is 11.8 Å². The molecule has 3 amide bonds. The van der Waals surface area contributed by atoms with Gasteiger partial charge in [-0.25, -0.2) is 0 Å². The van der Waals surface area contributed by atoms with Crippen molar-refractivity contribution in [2.75, 3.05) is 41.2 Å². The molecule has 0 bridgehead atoms. The van der Waals surface area contributed by atoms with E-state index < -0.39 is 41.4 Å². The predicted molar refractivity (Wildman–Crippen MR) is 121 cm³/mol. The van der Waals surface area contributed by atoms with Crippen molar-refractivity contribution >= 4 is 23.5 Å². The van der Waals surface area contributed by atoms with Gasteiger partial charge in [-0.1, -0.05) is 13.8 Å². The Morgan fingerprint density at radius 1 is 1.00 bits per heavy atom. The Balaban J connectivity index is 2.08. The Labute approximate surface area is 203 Å². The predicted octanol–water partition coefficient (Wildman–Crippen LogP) is -0.552. The fraction of sp³-hybridized carbons (Fsp3) is 0.682. The number of ketones is 1. The van der Waals surface area contributed by atoms with E-state index in [-0.39, 0.29) is 36.6 Å². The van der Waals surface area contributed by atoms with Gasteiger partial charge in [0, 0.05) is 14.2 Å². The van der Waals surface area contributed by atoms with Gasteiger partial charge in [0.2, 0.25) is 17.6 Å². The maximum atomic E-state index is 13.0. The summed E-state index contributed by atoms with van der Waals surface area (Å²) < 4.78 is 25.1. The third-order valence-corrected chi connectivity index (χ3v) is 5.28. The van der Waals surface area contributed by atoms with Crippen molar-refractivity contribution in [1.82, 2.24) is 21.1 Å². The van der Waals surface area contributed by atoms with Crippen molar-refractivity contribution in [1.29, 1.82) is 0 Å². The molecule has 0 radical (unpaired) electrons. The first kappa shape index (κ1) is 28.2. The van der Waals surface area contributed by atoms with Gasteiger partial charge in [0.05, 0.1) is 39.0 Å². The highest BCUT2D eigenvalue weighted by Gasteiger charge is 2.50. The van der Waals surface area contributed by atoms with Crippen LogP contribution >= 0.6 is 0 Å². The molecule has 3 N–H and O–H groups in total. The molecule has 0 saturated carbocycles. The largest absolute Gasteiger partial charge is 0.479 e. The molecule has 13 heteroatoms. The quantitative estimate of drug-likeness (QED) is 0.267. The Kier molecular flexibility index (Phi) is 10.2. The van der Waals surface area contributed by atoms with Gasteiger partial charge in [0.15, 0.2) is 5.78 Å². The average molecular weight is 499 g/mol. The lowest BCUT2D eigenvalue weighted by atomic mass is 9.93. The van der Waals surface area contributed by atoms with Crippen molar-refractivity contribution in [3.05, 3.63) is 11.8 Å². The number of hydrogen-bond donors (Lipinski definition) is 3. The van der Waals surface area contributed by atoms with Crippen LogP contribution in [0.5, 0.6) is 5.88 Å². The van der Waals surface area contributed by atoms with Crippen LogP contribution in [0.25, 0.3) is 0 Å². The van der Waals surface area contributed by atoms with E-state index in [0.29, 0.717) is 13.0 Å². The van der Waals surface area contributed by atoms with Crippen LogP contribution in [0.2, 0.25) is 0 Å². The van der Waals surface area contributed by atoms with Gasteiger partial charge in [0.1, 0.15) is 17.7 Å². The fourth-order valence-electron chi connectivity index (χ4n) is 3.26. The molecule has 0 spiro atoms. The third kappa shape index (κ3) is 8.01. The summed E-state index contributed by atoms with van der Waals surface area (Å²) in [4.78, 5) is 51.2. The maximum absolute atomic E-state index is 13.0. The van der Waals surface area contributed by atoms with Crippen LogP contribution in [0, 0.1) is 5.92 Å². The lowest BCUT2D eigenvalue weighted by molar-refractivity contribution is -0.134. The number of carbonyl (C=O) groups is 4. The average Bonchev–Trinajstić information content (AvgIpc) is 3.37. The molecule has 35 heavy (non-hydrogen) atoms. The molecule has 0 aliphatic carbocycles. The number of ether oxygens (including phenoxy) is 4. The molecule has 2 heterocycles. The Morgan fingerprint density at radius 2 is 1.54 bits per heavy atom. The van der Waals surface area contributed by atoms with E-state index in [0.717, 1.165) is 0 Å². The number of aromatic nitrogens is 1. The van der Waals surface area contributed by atoms with E-state index in [9.17, 15) is 19.2 Å². The fourth-order valence-corrected chi connectivity index (χ4v) is 3.26. The van der Waals surface area contributed by atoms with E-state index in [1.807, 2.05) is 13.8 Å². The molecule has 2 rings (SSSR count). The molecular formula is C22H34N4O9. The summed E-state index contributed by atoms with van der Waals surface area (Å²) in [6.45, 7) is 5.47. The monoisotopic (exact) mass is 498 g/mol. The summed E-state index contributed by atoms with van der Waals surface area (Å²) in [6, 6.07) is -1.83. The molecule has 1 saturated heterocycles. The number of carbonyl (C=O) groups excluding carboxylic acids is 4. The lowest BCUT2D eigenvalue weighted by Gasteiger charge is -2.26. The van der Waals surface area contributed by atoms with Crippen LogP contribution in [-0.4, -0.2) is 93.5 Å². The van der Waals surface area contributed by atoms with Crippen LogP contribution in [0.3, 0.4) is 0 Å². The van der Waals surface area contributed by atoms with Crippen LogP contribution in [0.4, 0.5) is 0 Å². The first-order valence-electron chi connectivity index (χ1n) is 11.1. The van der Waals surface area contributed by atoms with Gasteiger partial charge in [-0.2, -0.15) is 0 Å². The minimum atomic E-state index is -1.16. The molecule has 0 unspecified atom stereocenters. The second kappa shape index (κ2) is 12.6. The zero-order valence-electron chi connectivity index (χ0n) is 20.8. The molecule has 196 valence electrons. The summed E-state index contributed by atoms with van der Waals surface area (Å²) in [5, 5.41) is 11.3. The van der Waals surface area contributed by atoms with Crippen molar-refractivity contribution in [3.8, 4) is 5.88 Å². The van der Waals surface area contributed by atoms with Crippen LogP contribution in [0.1, 0.15) is 37.7 Å². The molecule has 1 aromatic rings. The maximum Gasteiger partial charge on any atom is 0.290 e. The molecular weight excluding hydrogens is 464 g/mol. The zero-order valence-corrected chi connectivity index (χ0v) is 20.8. The standard InChI is InChI=1S/C22H34N4O9/c1-12(2)7-13(18(27)22(3)11-34-22)23-19(28)14(9-31-4)24-20(29)15(10-32-5)25-21(30)16-8-17(33-6)26-35-16/h8,12-15H,7,9-11H2,1-6H3,(H,23,28)(H,24,29)(H,25,30)/t13-,14-,15-,22-/m0/s1. The SMILES string of the molecule is COC[C@H](NC(=O)c1cc(OC)no1)C(=O)N[C@@H](COC)C(=O)N[C@@H](CC(C)C)C(=O)[C@]1(C)CO1. The number of amides is 3. The number of Topliss-reactive ketones (excluding diaryl/α,β-unsaturated/α-hetero) is 1. The highest BCUT2D eigenvalue weighted by Crippen LogP contribution is 2.29. The Bertz CT molecular complexity index is 897. The highest BCUT2D eigenvalue weighted by molar-refractivity contribution is 5.99. The molecule has 13 nitrogen and oxygen atoms in total. The summed E-state index contributed by atoms with van der Waals surface area (Å²) in [5.74, 6) is -2.22. The van der Waals surface area contributed by atoms with Gasteiger partial charge in [-0.15, -0.1) is 0 Å². The van der Waals surface area contributed by atoms with E-state index in [4.69, 9.17) is 23.5 Å². The lowest BCUT2D eigenvalue weighted by Crippen LogP contribution is -2.58. The van der Waals surface area contributed by atoms with Gasteiger partial charge in [-0.3, -0.25) is 19.2 Å². The number of epoxide rings is 1. The highest BCUT2D eigenvalue weighted by atomic mass is 16.6. The van der Waals surface area contributed by atoms with Gasteiger partial charge < -0.3 is 39.4 Å². The first-order chi connectivity index (χ1) is 16.5. The van der Waals surface area contributed by atoms with E-state index in [1.165, 1.54) is 27.4 Å². The number of nitrogens with zero attached hydrogens (tertiary/aromatic N) is 1. The second-order valence-corrected chi connectivity index (χ2v) is 8.81. The first-order valence-corrected chi connectivity index (χ1v) is 11.1. The van der Waals surface area contributed by atoms with E-state index >= 15 is 0 Å². The molecule has 0 aromatic carbocycles. The van der Waals surface area contributed by atoms with Crippen LogP contribution in [0.15, 0.2) is 10.6 Å². The van der Waals surface area contributed by atoms with Gasteiger partial charge in [-0.05, 0) is 24.4 Å². The molecule has 1 aromatic heterocycles. The summed E-state index contributed by atoms with van der Waals surface area (Å²) in [5.41, 5.74) is -0.913. The van der Waals surface area contributed by atoms with E-state index in [2.05, 4.69) is 21.1 Å². The van der Waals surface area contributed by atoms with Crippen molar-refractivity contribution in [2.24, 2.45) is 5.92 Å². The summed E-state index contributed by atoms with van der Waals surface area (Å²) in [6.07, 6.45) is 0.403. The Morgan fingerprint density at radius 3 is 2.00 bits per heavy atom. The van der Waals surface area contributed by atoms with Crippen LogP contribution < -0.4 is 20.7 Å². The molecule has 1 aliphatic rings. The van der Waals surface area contributed by atoms with Gasteiger partial charge >= 0.3 is 0 Å². The molecule has 1 aliphatic heterocycles. The second-order valence-electron chi connectivity index (χ2n) is 8.81. The number of hydrogen-bond acceptors (Lipinski definition) is 10. The molecule has 4 atom stereocenters. The Hall–Kier alpha value is -3.03. The third-order valence-electron chi connectivity index (χ3n) is 5.28. The number of nitrogens with one attached hydrogen (secondary N) is 3. The zero-order chi connectivity index (χ0) is 26.2.